The zero-order valence-electron chi connectivity index (χ0n) is 13.9. The van der Waals surface area contributed by atoms with Crippen LogP contribution in [0.5, 0.6) is 0 Å². The zero-order chi connectivity index (χ0) is 16.4. The van der Waals surface area contributed by atoms with Crippen LogP contribution in [0.4, 0.5) is 0 Å². The number of carbonyl (C=O) groups is 1. The van der Waals surface area contributed by atoms with Gasteiger partial charge in [-0.05, 0) is 27.7 Å². The predicted molar refractivity (Wildman–Crippen MR) is 92.4 cm³/mol. The van der Waals surface area contributed by atoms with Crippen molar-refractivity contribution < 1.29 is 4.79 Å². The van der Waals surface area contributed by atoms with Crippen molar-refractivity contribution >= 4 is 23.2 Å². The van der Waals surface area contributed by atoms with Crippen LogP contribution in [-0.2, 0) is 11.2 Å². The van der Waals surface area contributed by atoms with Crippen LogP contribution in [-0.4, -0.2) is 42.5 Å². The molecule has 0 fully saturated rings. The third-order valence-electron chi connectivity index (χ3n) is 2.70. The summed E-state index contributed by atoms with van der Waals surface area (Å²) < 4.78 is 0. The molecule has 1 aromatic rings. The van der Waals surface area contributed by atoms with E-state index in [-0.39, 0.29) is 11.9 Å². The summed E-state index contributed by atoms with van der Waals surface area (Å²) in [5.74, 6) is 0.796. The number of aromatic nitrogens is 1. The molecule has 1 amide bonds. The summed E-state index contributed by atoms with van der Waals surface area (Å²) >= 11 is 1.71. The Morgan fingerprint density at radius 1 is 1.41 bits per heavy atom. The van der Waals surface area contributed by atoms with Crippen LogP contribution in [0, 0.1) is 6.92 Å². The maximum atomic E-state index is 11.6. The molecule has 0 spiro atoms. The van der Waals surface area contributed by atoms with Crippen molar-refractivity contribution in [1.29, 1.82) is 0 Å². The van der Waals surface area contributed by atoms with Crippen LogP contribution in [0.2, 0.25) is 0 Å². The number of nitrogens with zero attached hydrogens (tertiary/aromatic N) is 2. The van der Waals surface area contributed by atoms with Crippen molar-refractivity contribution in [2.24, 2.45) is 4.99 Å². The Morgan fingerprint density at radius 3 is 2.77 bits per heavy atom. The van der Waals surface area contributed by atoms with Gasteiger partial charge in [0.2, 0.25) is 5.91 Å². The number of hydrogen-bond acceptors (Lipinski definition) is 4. The Morgan fingerprint density at radius 2 is 2.18 bits per heavy atom. The molecule has 1 heterocycles. The first-order valence-corrected chi connectivity index (χ1v) is 8.55. The number of thiazole rings is 1. The standard InChI is InChI=1S/C15H27N5OS/c1-5-16-15(17-8-6-13(21)20-11(2)3)18-9-7-14-19-10-12(4)22-14/h10-11H,5-9H2,1-4H3,(H,20,21)(H2,16,17,18). The van der Waals surface area contributed by atoms with Crippen LogP contribution in [0.3, 0.4) is 0 Å². The van der Waals surface area contributed by atoms with E-state index in [1.54, 1.807) is 11.3 Å². The number of carbonyl (C=O) groups excluding carboxylic acids is 1. The van der Waals surface area contributed by atoms with Crippen LogP contribution >= 0.6 is 11.3 Å². The summed E-state index contributed by atoms with van der Waals surface area (Å²) in [6, 6.07) is 0.177. The molecular weight excluding hydrogens is 298 g/mol. The smallest absolute Gasteiger partial charge is 0.221 e. The molecular formula is C15H27N5OS. The second kappa shape index (κ2) is 10.2. The van der Waals surface area contributed by atoms with Gasteiger partial charge in [-0.25, -0.2) is 4.98 Å². The van der Waals surface area contributed by atoms with Crippen LogP contribution < -0.4 is 16.0 Å². The van der Waals surface area contributed by atoms with Crippen molar-refractivity contribution in [2.75, 3.05) is 19.6 Å². The third-order valence-corrected chi connectivity index (χ3v) is 3.68. The van der Waals surface area contributed by atoms with Crippen molar-refractivity contribution in [3.05, 3.63) is 16.1 Å². The van der Waals surface area contributed by atoms with E-state index in [9.17, 15) is 4.79 Å². The monoisotopic (exact) mass is 325 g/mol. The van der Waals surface area contributed by atoms with Gasteiger partial charge in [0.05, 0.1) is 5.01 Å². The van der Waals surface area contributed by atoms with E-state index in [0.717, 1.165) is 23.9 Å². The van der Waals surface area contributed by atoms with Crippen molar-refractivity contribution in [3.8, 4) is 0 Å². The Hall–Kier alpha value is -1.63. The highest BCUT2D eigenvalue weighted by molar-refractivity contribution is 7.11. The van der Waals surface area contributed by atoms with Gasteiger partial charge in [-0.2, -0.15) is 0 Å². The summed E-state index contributed by atoms with van der Waals surface area (Å²) in [5, 5.41) is 10.3. The molecule has 0 aromatic carbocycles. The van der Waals surface area contributed by atoms with Gasteiger partial charge in [-0.1, -0.05) is 0 Å². The lowest BCUT2D eigenvalue weighted by molar-refractivity contribution is -0.121. The summed E-state index contributed by atoms with van der Waals surface area (Å²) in [5.41, 5.74) is 0. The van der Waals surface area contributed by atoms with E-state index in [1.165, 1.54) is 4.88 Å². The van der Waals surface area contributed by atoms with Crippen molar-refractivity contribution in [2.45, 2.75) is 46.6 Å². The van der Waals surface area contributed by atoms with E-state index < -0.39 is 0 Å². The van der Waals surface area contributed by atoms with Crippen LogP contribution in [0.25, 0.3) is 0 Å². The molecule has 0 unspecified atom stereocenters. The van der Waals surface area contributed by atoms with E-state index >= 15 is 0 Å². The molecule has 1 aromatic heterocycles. The van der Waals surface area contributed by atoms with Gasteiger partial charge in [-0.3, -0.25) is 9.79 Å². The lowest BCUT2D eigenvalue weighted by atomic mass is 10.3. The van der Waals surface area contributed by atoms with E-state index in [0.29, 0.717) is 19.5 Å². The number of nitrogens with one attached hydrogen (secondary N) is 3. The number of aryl methyl sites for hydroxylation is 1. The highest BCUT2D eigenvalue weighted by atomic mass is 32.1. The van der Waals surface area contributed by atoms with Crippen molar-refractivity contribution in [1.82, 2.24) is 20.9 Å². The van der Waals surface area contributed by atoms with E-state index in [4.69, 9.17) is 0 Å². The number of guanidine groups is 1. The minimum absolute atomic E-state index is 0.0524. The molecule has 0 bridgehead atoms. The lowest BCUT2D eigenvalue weighted by Crippen LogP contribution is -2.40. The molecule has 1 rings (SSSR count). The van der Waals surface area contributed by atoms with Gasteiger partial charge in [0.15, 0.2) is 5.96 Å². The molecule has 0 atom stereocenters. The summed E-state index contributed by atoms with van der Waals surface area (Å²) in [4.78, 5) is 21.6. The Kier molecular flexibility index (Phi) is 8.50. The lowest BCUT2D eigenvalue weighted by Gasteiger charge is -2.12. The van der Waals surface area contributed by atoms with E-state index in [1.807, 2.05) is 27.0 Å². The minimum Gasteiger partial charge on any atom is -0.357 e. The topological polar surface area (TPSA) is 78.4 Å². The average Bonchev–Trinajstić information content (AvgIpc) is 2.83. The highest BCUT2D eigenvalue weighted by Gasteiger charge is 2.04. The van der Waals surface area contributed by atoms with E-state index in [2.05, 4.69) is 32.9 Å². The predicted octanol–water partition coefficient (Wildman–Crippen LogP) is 1.46. The van der Waals surface area contributed by atoms with Crippen LogP contribution in [0.1, 0.15) is 37.1 Å². The Bertz CT molecular complexity index is 484. The molecule has 22 heavy (non-hydrogen) atoms. The second-order valence-electron chi connectivity index (χ2n) is 5.27. The maximum absolute atomic E-state index is 11.6. The molecule has 0 saturated heterocycles. The highest BCUT2D eigenvalue weighted by Crippen LogP contribution is 2.11. The number of aliphatic imine (C=N–C) groups is 1. The van der Waals surface area contributed by atoms with Gasteiger partial charge in [0, 0.05) is 49.6 Å². The SMILES string of the molecule is CCNC(=NCCc1ncc(C)s1)NCCC(=O)NC(C)C. The maximum Gasteiger partial charge on any atom is 0.221 e. The largest absolute Gasteiger partial charge is 0.357 e. The first-order valence-electron chi connectivity index (χ1n) is 7.74. The molecule has 0 aliphatic rings. The molecule has 0 aliphatic carbocycles. The van der Waals surface area contributed by atoms with Gasteiger partial charge >= 0.3 is 0 Å². The zero-order valence-corrected chi connectivity index (χ0v) is 14.7. The summed E-state index contributed by atoms with van der Waals surface area (Å²) in [6.07, 6.45) is 3.16. The molecule has 7 heteroatoms. The van der Waals surface area contributed by atoms with Gasteiger partial charge < -0.3 is 16.0 Å². The second-order valence-corrected chi connectivity index (χ2v) is 6.59. The molecule has 0 aliphatic heterocycles. The van der Waals surface area contributed by atoms with Crippen molar-refractivity contribution in [3.63, 3.8) is 0 Å². The number of rotatable bonds is 8. The first-order chi connectivity index (χ1) is 10.5. The molecule has 124 valence electrons. The minimum atomic E-state index is 0.0524. The molecule has 6 nitrogen and oxygen atoms in total. The number of hydrogen-bond donors (Lipinski definition) is 3. The number of amides is 1. The average molecular weight is 325 g/mol. The third kappa shape index (κ3) is 7.97. The van der Waals surface area contributed by atoms with Gasteiger partial charge in [0.1, 0.15) is 0 Å². The Balaban J connectivity index is 2.33. The fraction of sp³-hybridized carbons (Fsp3) is 0.667. The summed E-state index contributed by atoms with van der Waals surface area (Å²) in [7, 11) is 0. The normalized spacial score (nSPS) is 11.6. The fourth-order valence-electron chi connectivity index (χ4n) is 1.81. The van der Waals surface area contributed by atoms with Gasteiger partial charge in [-0.15, -0.1) is 11.3 Å². The quantitative estimate of drug-likeness (QED) is 0.499. The van der Waals surface area contributed by atoms with Gasteiger partial charge in [0.25, 0.3) is 0 Å². The Labute approximate surface area is 136 Å². The van der Waals surface area contributed by atoms with Crippen LogP contribution in [0.15, 0.2) is 11.2 Å². The summed E-state index contributed by atoms with van der Waals surface area (Å²) in [6.45, 7) is 10.0. The molecule has 0 radical (unpaired) electrons. The fourth-order valence-corrected chi connectivity index (χ4v) is 2.59. The molecule has 0 saturated carbocycles. The molecule has 3 N–H and O–H groups in total. The first kappa shape index (κ1) is 18.4.